The summed E-state index contributed by atoms with van der Waals surface area (Å²) in [6.07, 6.45) is 5.12. The van der Waals surface area contributed by atoms with Gasteiger partial charge in [-0.15, -0.1) is 11.3 Å². The molecule has 0 amide bonds. The molecule has 1 aliphatic rings. The highest BCUT2D eigenvalue weighted by Gasteiger charge is 2.21. The molecule has 0 aliphatic heterocycles. The van der Waals surface area contributed by atoms with Gasteiger partial charge in [0.05, 0.1) is 23.1 Å². The van der Waals surface area contributed by atoms with Gasteiger partial charge >= 0.3 is 11.7 Å². The van der Waals surface area contributed by atoms with Crippen LogP contribution in [0.25, 0.3) is 10.2 Å². The van der Waals surface area contributed by atoms with Crippen molar-refractivity contribution < 1.29 is 18.8 Å². The molecule has 0 saturated carbocycles. The van der Waals surface area contributed by atoms with E-state index >= 15 is 0 Å². The smallest absolute Gasteiger partial charge is 0.313 e. The van der Waals surface area contributed by atoms with Crippen LogP contribution in [0.1, 0.15) is 29.7 Å². The normalized spacial score (nSPS) is 13.3. The van der Waals surface area contributed by atoms with Crippen LogP contribution in [0.2, 0.25) is 0 Å². The summed E-state index contributed by atoms with van der Waals surface area (Å²) in [6.45, 7) is 0.00827. The Balaban J connectivity index is 1.52. The molecule has 4 rings (SSSR count). The van der Waals surface area contributed by atoms with Gasteiger partial charge in [0.15, 0.2) is 0 Å². The van der Waals surface area contributed by atoms with Crippen LogP contribution in [0, 0.1) is 15.9 Å². The molecule has 0 fully saturated rings. The number of halogens is 1. The average Bonchev–Trinajstić information content (AvgIpc) is 3.06. The zero-order valence-corrected chi connectivity index (χ0v) is 16.0. The number of nitro groups is 1. The number of nitrogens with zero attached hydrogens (tertiary/aromatic N) is 3. The summed E-state index contributed by atoms with van der Waals surface area (Å²) < 4.78 is 19.7. The number of hydrogen-bond donors (Lipinski definition) is 0. The minimum atomic E-state index is -0.807. The zero-order valence-electron chi connectivity index (χ0n) is 15.2. The maximum absolute atomic E-state index is 13.4. The van der Waals surface area contributed by atoms with Gasteiger partial charge in [-0.05, 0) is 37.3 Å². The summed E-state index contributed by atoms with van der Waals surface area (Å²) in [5.74, 6) is -2.03. The van der Waals surface area contributed by atoms with E-state index in [0.717, 1.165) is 49.4 Å². The van der Waals surface area contributed by atoms with E-state index in [9.17, 15) is 24.1 Å². The summed E-state index contributed by atoms with van der Waals surface area (Å²) >= 11 is 1.54. The number of hydrogen-bond acceptors (Lipinski definition) is 7. The van der Waals surface area contributed by atoms with Crippen molar-refractivity contribution in [1.29, 1.82) is 0 Å². The molecule has 0 bridgehead atoms. The summed E-state index contributed by atoms with van der Waals surface area (Å²) in [6, 6.07) is 2.63. The number of rotatable bonds is 5. The van der Waals surface area contributed by atoms with Crippen molar-refractivity contribution in [2.24, 2.45) is 0 Å². The predicted molar refractivity (Wildman–Crippen MR) is 104 cm³/mol. The van der Waals surface area contributed by atoms with Crippen molar-refractivity contribution >= 4 is 33.2 Å². The second-order valence-electron chi connectivity index (χ2n) is 6.73. The number of nitro benzene ring substituents is 1. The van der Waals surface area contributed by atoms with Crippen molar-refractivity contribution in [3.05, 3.63) is 61.3 Å². The second kappa shape index (κ2) is 7.70. The van der Waals surface area contributed by atoms with Crippen LogP contribution in [0.3, 0.4) is 0 Å². The highest BCUT2D eigenvalue weighted by molar-refractivity contribution is 7.18. The number of esters is 1. The molecule has 0 atom stereocenters. The predicted octanol–water partition coefficient (Wildman–Crippen LogP) is 3.38. The topological polar surface area (TPSA) is 104 Å². The monoisotopic (exact) mass is 417 g/mol. The lowest BCUT2D eigenvalue weighted by Crippen LogP contribution is -2.23. The highest BCUT2D eigenvalue weighted by Crippen LogP contribution is 2.33. The molecular formula is C19H16FN3O5S. The molecule has 3 aromatic rings. The lowest BCUT2D eigenvalue weighted by molar-refractivity contribution is -0.385. The molecule has 0 N–H and O–H groups in total. The van der Waals surface area contributed by atoms with Crippen LogP contribution in [-0.2, 0) is 24.2 Å². The molecule has 8 nitrogen and oxygen atoms in total. The third-order valence-corrected chi connectivity index (χ3v) is 6.04. The van der Waals surface area contributed by atoms with Gasteiger partial charge in [-0.2, -0.15) is 0 Å². The fourth-order valence-electron chi connectivity index (χ4n) is 3.45. The Bertz CT molecular complexity index is 1190. The molecule has 150 valence electrons. The third-order valence-electron chi connectivity index (χ3n) is 4.84. The minimum Gasteiger partial charge on any atom is -0.419 e. The second-order valence-corrected chi connectivity index (χ2v) is 7.81. The molecule has 2 heterocycles. The molecule has 29 heavy (non-hydrogen) atoms. The largest absolute Gasteiger partial charge is 0.419 e. The van der Waals surface area contributed by atoms with Crippen molar-refractivity contribution in [3.8, 4) is 5.75 Å². The zero-order chi connectivity index (χ0) is 20.5. The summed E-state index contributed by atoms with van der Waals surface area (Å²) in [7, 11) is 0. The van der Waals surface area contributed by atoms with Crippen LogP contribution in [-0.4, -0.2) is 20.4 Å². The summed E-state index contributed by atoms with van der Waals surface area (Å²) in [4.78, 5) is 41.5. The molecule has 0 spiro atoms. The van der Waals surface area contributed by atoms with Crippen molar-refractivity contribution in [1.82, 2.24) is 9.55 Å². The van der Waals surface area contributed by atoms with Crippen molar-refractivity contribution in [2.75, 3.05) is 0 Å². The Morgan fingerprint density at radius 1 is 1.34 bits per heavy atom. The first-order chi connectivity index (χ1) is 13.9. The molecule has 1 aromatic carbocycles. The number of fused-ring (bicyclic) bond motifs is 3. The Morgan fingerprint density at radius 3 is 2.93 bits per heavy atom. The van der Waals surface area contributed by atoms with E-state index in [2.05, 4.69) is 4.98 Å². The maximum atomic E-state index is 13.4. The van der Waals surface area contributed by atoms with E-state index in [1.807, 2.05) is 0 Å². The SMILES string of the molecule is O=C(CCn1cnc2sc3c(c2c1=O)CCCC3)Oc1cc(F)ccc1[N+](=O)[O-]. The molecular weight excluding hydrogens is 401 g/mol. The standard InChI is InChI=1S/C19H16FN3O5S/c20-11-5-6-13(23(26)27)14(9-11)28-16(24)7-8-22-10-21-18-17(19(22)25)12-3-1-2-4-15(12)29-18/h5-6,9-10H,1-4,7-8H2. The first-order valence-corrected chi connectivity index (χ1v) is 9.90. The van der Waals surface area contributed by atoms with Crippen LogP contribution >= 0.6 is 11.3 Å². The quantitative estimate of drug-likeness (QED) is 0.273. The first-order valence-electron chi connectivity index (χ1n) is 9.08. The van der Waals surface area contributed by atoms with Crippen LogP contribution < -0.4 is 10.3 Å². The van der Waals surface area contributed by atoms with Gasteiger partial charge in [0.25, 0.3) is 5.56 Å². The Labute approximate surface area is 167 Å². The number of aryl methyl sites for hydroxylation is 3. The number of aromatic nitrogens is 2. The van der Waals surface area contributed by atoms with Crippen LogP contribution in [0.15, 0.2) is 29.3 Å². The van der Waals surface area contributed by atoms with E-state index < -0.39 is 28.1 Å². The Kier molecular flexibility index (Phi) is 5.10. The van der Waals surface area contributed by atoms with Gasteiger partial charge in [0.1, 0.15) is 10.6 Å². The number of ether oxygens (including phenoxy) is 1. The van der Waals surface area contributed by atoms with E-state index in [4.69, 9.17) is 4.74 Å². The van der Waals surface area contributed by atoms with Gasteiger partial charge in [-0.3, -0.25) is 24.3 Å². The van der Waals surface area contributed by atoms with E-state index in [-0.39, 0.29) is 18.5 Å². The van der Waals surface area contributed by atoms with E-state index in [1.165, 1.54) is 27.1 Å². The molecule has 0 unspecified atom stereocenters. The Morgan fingerprint density at radius 2 is 2.14 bits per heavy atom. The third kappa shape index (κ3) is 3.75. The van der Waals surface area contributed by atoms with Crippen molar-refractivity contribution in [2.45, 2.75) is 38.6 Å². The van der Waals surface area contributed by atoms with Gasteiger partial charge in [0, 0.05) is 23.6 Å². The molecule has 2 aromatic heterocycles. The van der Waals surface area contributed by atoms with E-state index in [0.29, 0.717) is 10.2 Å². The molecule has 0 radical (unpaired) electrons. The number of carbonyl (C=O) groups is 1. The van der Waals surface area contributed by atoms with Gasteiger partial charge in [-0.25, -0.2) is 9.37 Å². The van der Waals surface area contributed by atoms with Crippen molar-refractivity contribution in [3.63, 3.8) is 0 Å². The number of benzene rings is 1. The van der Waals surface area contributed by atoms with Crippen LogP contribution in [0.5, 0.6) is 5.75 Å². The Hall–Kier alpha value is -3.14. The lowest BCUT2D eigenvalue weighted by atomic mass is 9.97. The maximum Gasteiger partial charge on any atom is 0.313 e. The summed E-state index contributed by atoms with van der Waals surface area (Å²) in [5, 5.41) is 11.6. The average molecular weight is 417 g/mol. The first kappa shape index (κ1) is 19.2. The van der Waals surface area contributed by atoms with Gasteiger partial charge in [0.2, 0.25) is 5.75 Å². The highest BCUT2D eigenvalue weighted by atomic mass is 32.1. The van der Waals surface area contributed by atoms with Crippen LogP contribution in [0.4, 0.5) is 10.1 Å². The number of thiophene rings is 1. The fourth-order valence-corrected chi connectivity index (χ4v) is 4.67. The molecule has 1 aliphatic carbocycles. The van der Waals surface area contributed by atoms with Gasteiger partial charge in [-0.1, -0.05) is 0 Å². The van der Waals surface area contributed by atoms with E-state index in [1.54, 1.807) is 0 Å². The van der Waals surface area contributed by atoms with Gasteiger partial charge < -0.3 is 4.74 Å². The lowest BCUT2D eigenvalue weighted by Gasteiger charge is -2.10. The molecule has 0 saturated heterocycles. The summed E-state index contributed by atoms with van der Waals surface area (Å²) in [5.41, 5.74) is 0.338. The number of carbonyl (C=O) groups excluding carboxylic acids is 1. The fraction of sp³-hybridized carbons (Fsp3) is 0.316. The minimum absolute atomic E-state index is 0.00827. The molecule has 10 heteroatoms.